The van der Waals surface area contributed by atoms with Gasteiger partial charge in [0.15, 0.2) is 5.89 Å². The molecule has 0 aliphatic heterocycles. The summed E-state index contributed by atoms with van der Waals surface area (Å²) in [6, 6.07) is 0. The van der Waals surface area contributed by atoms with Crippen molar-refractivity contribution in [2.75, 3.05) is 6.54 Å². The quantitative estimate of drug-likeness (QED) is 0.820. The molecule has 3 rings (SSSR count). The van der Waals surface area contributed by atoms with Gasteiger partial charge in [-0.1, -0.05) is 0 Å². The van der Waals surface area contributed by atoms with Crippen LogP contribution in [0.25, 0.3) is 0 Å². The van der Waals surface area contributed by atoms with Crippen LogP contribution in [0.3, 0.4) is 0 Å². The fraction of sp³-hybridized carbons (Fsp3) is 0.750. The van der Waals surface area contributed by atoms with Crippen LogP contribution in [0, 0.1) is 11.8 Å². The van der Waals surface area contributed by atoms with Crippen LogP contribution in [0.4, 0.5) is 0 Å². The molecule has 0 amide bonds. The number of nitrogens with zero attached hydrogens (tertiary/aromatic N) is 1. The third-order valence-corrected chi connectivity index (χ3v) is 3.81. The van der Waals surface area contributed by atoms with E-state index in [0.29, 0.717) is 12.5 Å². The fourth-order valence-electron chi connectivity index (χ4n) is 2.83. The Morgan fingerprint density at radius 1 is 1.33 bits per heavy atom. The van der Waals surface area contributed by atoms with Crippen molar-refractivity contribution in [1.29, 1.82) is 0 Å². The molecule has 1 heterocycles. The lowest BCUT2D eigenvalue weighted by molar-refractivity contribution is 0.409. The molecular formula is C12H18N2O. The minimum absolute atomic E-state index is 0.660. The smallest absolute Gasteiger partial charge is 0.194 e. The molecule has 82 valence electrons. The molecule has 2 atom stereocenters. The summed E-state index contributed by atoms with van der Waals surface area (Å²) in [5, 5.41) is 0. The standard InChI is InChI=1S/C12H18N2O/c13-3-1-2-12-14-7-11(15-12)10-5-8-4-9(8)6-10/h7-10H,1-6,13H2. The summed E-state index contributed by atoms with van der Waals surface area (Å²) >= 11 is 0. The molecular weight excluding hydrogens is 188 g/mol. The van der Waals surface area contributed by atoms with Crippen LogP contribution in [0.1, 0.15) is 43.3 Å². The predicted molar refractivity (Wildman–Crippen MR) is 57.5 cm³/mol. The van der Waals surface area contributed by atoms with Crippen molar-refractivity contribution in [2.45, 2.75) is 38.0 Å². The van der Waals surface area contributed by atoms with Gasteiger partial charge in [0.25, 0.3) is 0 Å². The molecule has 3 nitrogen and oxygen atoms in total. The number of hydrogen-bond acceptors (Lipinski definition) is 3. The van der Waals surface area contributed by atoms with Crippen LogP contribution in [0.2, 0.25) is 0 Å². The zero-order valence-electron chi connectivity index (χ0n) is 8.98. The zero-order chi connectivity index (χ0) is 10.3. The van der Waals surface area contributed by atoms with E-state index in [2.05, 4.69) is 4.98 Å². The maximum absolute atomic E-state index is 5.77. The SMILES string of the molecule is NCCCc1ncc(C2CC3CC3C2)o1. The molecule has 1 aromatic rings. The van der Waals surface area contributed by atoms with Crippen LogP contribution in [0.15, 0.2) is 10.6 Å². The summed E-state index contributed by atoms with van der Waals surface area (Å²) in [6.45, 7) is 0.714. The van der Waals surface area contributed by atoms with E-state index in [1.165, 1.54) is 19.3 Å². The topological polar surface area (TPSA) is 52.0 Å². The molecule has 1 aromatic heterocycles. The molecule has 0 bridgehead atoms. The molecule has 0 radical (unpaired) electrons. The highest BCUT2D eigenvalue weighted by atomic mass is 16.4. The van der Waals surface area contributed by atoms with Gasteiger partial charge in [-0.15, -0.1) is 0 Å². The van der Waals surface area contributed by atoms with Crippen molar-refractivity contribution >= 4 is 0 Å². The lowest BCUT2D eigenvalue weighted by Crippen LogP contribution is -2.00. The molecule has 0 saturated heterocycles. The van der Waals surface area contributed by atoms with Gasteiger partial charge in [0.2, 0.25) is 0 Å². The van der Waals surface area contributed by atoms with Crippen molar-refractivity contribution in [3.63, 3.8) is 0 Å². The Morgan fingerprint density at radius 2 is 2.13 bits per heavy atom. The van der Waals surface area contributed by atoms with Crippen molar-refractivity contribution in [1.82, 2.24) is 4.98 Å². The Hall–Kier alpha value is -0.830. The number of aromatic nitrogens is 1. The highest BCUT2D eigenvalue weighted by Gasteiger charge is 2.47. The number of aryl methyl sites for hydroxylation is 1. The first-order valence-corrected chi connectivity index (χ1v) is 6.01. The lowest BCUT2D eigenvalue weighted by Gasteiger charge is -2.06. The third kappa shape index (κ3) is 1.81. The first-order chi connectivity index (χ1) is 7.36. The average molecular weight is 206 g/mol. The Bertz CT molecular complexity index is 337. The molecule has 0 aromatic carbocycles. The van der Waals surface area contributed by atoms with Crippen LogP contribution in [-0.2, 0) is 6.42 Å². The summed E-state index contributed by atoms with van der Waals surface area (Å²) in [6.07, 6.45) is 7.91. The molecule has 3 heteroatoms. The van der Waals surface area contributed by atoms with Gasteiger partial charge < -0.3 is 10.2 Å². The van der Waals surface area contributed by atoms with Gasteiger partial charge in [-0.25, -0.2) is 4.98 Å². The Morgan fingerprint density at radius 3 is 2.87 bits per heavy atom. The Kier molecular flexibility index (Phi) is 2.28. The second kappa shape index (κ2) is 3.63. The molecule has 2 aliphatic carbocycles. The molecule has 2 fully saturated rings. The Labute approximate surface area is 90.1 Å². The van der Waals surface area contributed by atoms with Gasteiger partial charge >= 0.3 is 0 Å². The summed E-state index contributed by atoms with van der Waals surface area (Å²) in [4.78, 5) is 4.32. The lowest BCUT2D eigenvalue weighted by atomic mass is 10.0. The third-order valence-electron chi connectivity index (χ3n) is 3.81. The van der Waals surface area contributed by atoms with Crippen LogP contribution in [0.5, 0.6) is 0 Å². The van der Waals surface area contributed by atoms with Gasteiger partial charge in [0, 0.05) is 12.3 Å². The monoisotopic (exact) mass is 206 g/mol. The number of oxazole rings is 1. The van der Waals surface area contributed by atoms with Crippen molar-refractivity contribution in [3.8, 4) is 0 Å². The number of hydrogen-bond donors (Lipinski definition) is 1. The number of nitrogens with two attached hydrogens (primary N) is 1. The first kappa shape index (κ1) is 9.40. The highest BCUT2D eigenvalue weighted by Crippen LogP contribution is 2.57. The van der Waals surface area contributed by atoms with E-state index < -0.39 is 0 Å². The molecule has 2 unspecified atom stereocenters. The predicted octanol–water partition coefficient (Wildman–Crippen LogP) is 2.08. The Balaban J connectivity index is 1.63. The van der Waals surface area contributed by atoms with E-state index >= 15 is 0 Å². The summed E-state index contributed by atoms with van der Waals surface area (Å²) < 4.78 is 5.77. The van der Waals surface area contributed by atoms with E-state index in [0.717, 1.165) is 36.3 Å². The van der Waals surface area contributed by atoms with E-state index in [9.17, 15) is 0 Å². The normalized spacial score (nSPS) is 33.0. The van der Waals surface area contributed by atoms with Crippen molar-refractivity contribution in [2.24, 2.45) is 17.6 Å². The van der Waals surface area contributed by atoms with Crippen LogP contribution >= 0.6 is 0 Å². The zero-order valence-corrected chi connectivity index (χ0v) is 8.98. The van der Waals surface area contributed by atoms with Crippen LogP contribution in [-0.4, -0.2) is 11.5 Å². The van der Waals surface area contributed by atoms with Crippen LogP contribution < -0.4 is 5.73 Å². The molecule has 2 aliphatic rings. The van der Waals surface area contributed by atoms with E-state index in [4.69, 9.17) is 10.2 Å². The summed E-state index contributed by atoms with van der Waals surface area (Å²) in [7, 11) is 0. The first-order valence-electron chi connectivity index (χ1n) is 6.01. The minimum Gasteiger partial charge on any atom is -0.445 e. The summed E-state index contributed by atoms with van der Waals surface area (Å²) in [5.74, 6) is 4.67. The highest BCUT2D eigenvalue weighted by molar-refractivity contribution is 5.11. The minimum atomic E-state index is 0.660. The number of rotatable bonds is 4. The molecule has 2 saturated carbocycles. The number of fused-ring (bicyclic) bond motifs is 1. The van der Waals surface area contributed by atoms with Gasteiger partial charge in [0.1, 0.15) is 5.76 Å². The largest absolute Gasteiger partial charge is 0.445 e. The van der Waals surface area contributed by atoms with Gasteiger partial charge in [-0.2, -0.15) is 0 Å². The van der Waals surface area contributed by atoms with E-state index in [-0.39, 0.29) is 0 Å². The van der Waals surface area contributed by atoms with E-state index in [1.807, 2.05) is 6.20 Å². The molecule has 0 spiro atoms. The second-order valence-corrected chi connectivity index (χ2v) is 4.97. The van der Waals surface area contributed by atoms with Gasteiger partial charge in [0.05, 0.1) is 6.20 Å². The van der Waals surface area contributed by atoms with Gasteiger partial charge in [-0.3, -0.25) is 0 Å². The summed E-state index contributed by atoms with van der Waals surface area (Å²) in [5.41, 5.74) is 5.46. The van der Waals surface area contributed by atoms with Crippen molar-refractivity contribution in [3.05, 3.63) is 17.8 Å². The maximum Gasteiger partial charge on any atom is 0.194 e. The second-order valence-electron chi connectivity index (χ2n) is 4.97. The fourth-order valence-corrected chi connectivity index (χ4v) is 2.83. The van der Waals surface area contributed by atoms with Crippen molar-refractivity contribution < 1.29 is 4.42 Å². The average Bonchev–Trinajstić information content (AvgIpc) is 2.71. The van der Waals surface area contributed by atoms with E-state index in [1.54, 1.807) is 0 Å². The maximum atomic E-state index is 5.77. The molecule has 15 heavy (non-hydrogen) atoms. The van der Waals surface area contributed by atoms with Gasteiger partial charge in [-0.05, 0) is 44.1 Å². The molecule has 2 N–H and O–H groups in total.